The van der Waals surface area contributed by atoms with Crippen molar-refractivity contribution in [3.05, 3.63) is 59.4 Å². The molecular formula is C27H31N5O4. The van der Waals surface area contributed by atoms with Crippen molar-refractivity contribution in [1.82, 2.24) is 9.97 Å². The first-order valence-corrected chi connectivity index (χ1v) is 12.3. The molecule has 0 saturated carbocycles. The molecule has 2 aliphatic rings. The molecule has 3 aromatic rings. The van der Waals surface area contributed by atoms with Crippen LogP contribution in [0, 0.1) is 6.92 Å². The maximum atomic E-state index is 11.8. The lowest BCUT2D eigenvalue weighted by molar-refractivity contribution is -0.169. The number of benzene rings is 2. The van der Waals surface area contributed by atoms with Crippen LogP contribution in [0.2, 0.25) is 0 Å². The van der Waals surface area contributed by atoms with Gasteiger partial charge in [0.25, 0.3) is 0 Å². The number of hydrogen-bond donors (Lipinski definition) is 2. The van der Waals surface area contributed by atoms with Gasteiger partial charge in [-0.1, -0.05) is 13.0 Å². The number of carbonyl (C=O) groups is 1. The minimum absolute atomic E-state index is 0.228. The SMILES string of the molecule is CCc1nc(C=O)c(Nc2ccc(N3CCC4(CC3)OCCO4)c(C)c2)nc1Oc1cccc(N)c1. The van der Waals surface area contributed by atoms with E-state index in [2.05, 4.69) is 33.2 Å². The number of rotatable bonds is 7. The molecule has 0 radical (unpaired) electrons. The van der Waals surface area contributed by atoms with E-state index in [-0.39, 0.29) is 5.69 Å². The van der Waals surface area contributed by atoms with Crippen LogP contribution in [0.4, 0.5) is 22.9 Å². The molecule has 2 aliphatic heterocycles. The molecule has 3 heterocycles. The zero-order chi connectivity index (χ0) is 25.1. The monoisotopic (exact) mass is 489 g/mol. The second-order valence-electron chi connectivity index (χ2n) is 9.08. The minimum Gasteiger partial charge on any atom is -0.437 e. The van der Waals surface area contributed by atoms with E-state index in [0.29, 0.717) is 54.7 Å². The van der Waals surface area contributed by atoms with Gasteiger partial charge in [-0.3, -0.25) is 4.79 Å². The number of nitrogens with one attached hydrogen (secondary N) is 1. The Bertz CT molecular complexity index is 1250. The topological polar surface area (TPSA) is 112 Å². The molecule has 0 unspecified atom stereocenters. The number of hydrogen-bond acceptors (Lipinski definition) is 9. The third kappa shape index (κ3) is 4.98. The summed E-state index contributed by atoms with van der Waals surface area (Å²) in [6.45, 7) is 7.11. The first-order valence-electron chi connectivity index (χ1n) is 12.3. The van der Waals surface area contributed by atoms with E-state index in [9.17, 15) is 4.79 Å². The van der Waals surface area contributed by atoms with E-state index in [0.717, 1.165) is 37.2 Å². The second kappa shape index (κ2) is 10.1. The lowest BCUT2D eigenvalue weighted by Crippen LogP contribution is -2.45. The first kappa shape index (κ1) is 24.0. The average molecular weight is 490 g/mol. The number of nitrogens with two attached hydrogens (primary N) is 1. The van der Waals surface area contributed by atoms with Crippen LogP contribution >= 0.6 is 0 Å². The van der Waals surface area contributed by atoms with E-state index in [1.807, 2.05) is 25.1 Å². The Morgan fingerprint density at radius 1 is 1.14 bits per heavy atom. The van der Waals surface area contributed by atoms with E-state index >= 15 is 0 Å². The van der Waals surface area contributed by atoms with Gasteiger partial charge in [0.1, 0.15) is 17.1 Å². The molecule has 2 saturated heterocycles. The molecule has 3 N–H and O–H groups in total. The van der Waals surface area contributed by atoms with Gasteiger partial charge in [-0.2, -0.15) is 4.98 Å². The molecule has 2 fully saturated rings. The summed E-state index contributed by atoms with van der Waals surface area (Å²) in [6, 6.07) is 13.2. The highest BCUT2D eigenvalue weighted by atomic mass is 16.7. The largest absolute Gasteiger partial charge is 0.437 e. The van der Waals surface area contributed by atoms with Crippen molar-refractivity contribution >= 4 is 29.2 Å². The number of aromatic nitrogens is 2. The van der Waals surface area contributed by atoms with Crippen molar-refractivity contribution in [1.29, 1.82) is 0 Å². The molecule has 0 aliphatic carbocycles. The fourth-order valence-electron chi connectivity index (χ4n) is 4.74. The number of aldehydes is 1. The summed E-state index contributed by atoms with van der Waals surface area (Å²) in [6.07, 6.45) is 2.97. The quantitative estimate of drug-likeness (QED) is 0.363. The number of anilines is 4. The number of nitrogens with zero attached hydrogens (tertiary/aromatic N) is 3. The molecule has 1 spiro atoms. The lowest BCUT2D eigenvalue weighted by Gasteiger charge is -2.39. The highest BCUT2D eigenvalue weighted by Crippen LogP contribution is 2.35. The van der Waals surface area contributed by atoms with Crippen LogP contribution in [-0.4, -0.2) is 48.3 Å². The zero-order valence-corrected chi connectivity index (χ0v) is 20.6. The molecule has 9 heteroatoms. The standard InChI is InChI=1S/C27H31N5O4/c1-3-22-26(36-21-6-4-5-19(28)16-21)31-25(23(17-33)30-22)29-20-7-8-24(18(2)15-20)32-11-9-27(10-12-32)34-13-14-35-27/h4-8,15-17H,3,9-14,28H2,1-2H3,(H,29,31). The van der Waals surface area contributed by atoms with Crippen molar-refractivity contribution in [3.63, 3.8) is 0 Å². The van der Waals surface area contributed by atoms with Crippen LogP contribution in [0.1, 0.15) is 41.5 Å². The number of ether oxygens (including phenoxy) is 3. The summed E-state index contributed by atoms with van der Waals surface area (Å²) < 4.78 is 17.7. The molecule has 36 heavy (non-hydrogen) atoms. The Balaban J connectivity index is 1.35. The minimum atomic E-state index is -0.397. The molecule has 9 nitrogen and oxygen atoms in total. The van der Waals surface area contributed by atoms with E-state index in [1.165, 1.54) is 5.69 Å². The Morgan fingerprint density at radius 3 is 2.58 bits per heavy atom. The van der Waals surface area contributed by atoms with Crippen LogP contribution in [0.25, 0.3) is 0 Å². The molecule has 0 amide bonds. The van der Waals surface area contributed by atoms with Gasteiger partial charge in [0, 0.05) is 49.1 Å². The van der Waals surface area contributed by atoms with Gasteiger partial charge in [0.15, 0.2) is 17.9 Å². The highest BCUT2D eigenvalue weighted by Gasteiger charge is 2.40. The summed E-state index contributed by atoms with van der Waals surface area (Å²) >= 11 is 0. The van der Waals surface area contributed by atoms with Gasteiger partial charge in [-0.05, 0) is 49.2 Å². The maximum Gasteiger partial charge on any atom is 0.243 e. The first-order chi connectivity index (χ1) is 17.5. The molecule has 0 bridgehead atoms. The van der Waals surface area contributed by atoms with Crippen molar-refractivity contribution in [2.45, 2.75) is 38.9 Å². The fraction of sp³-hybridized carbons (Fsp3) is 0.370. The Labute approximate surface area is 210 Å². The molecular weight excluding hydrogens is 458 g/mol. The highest BCUT2D eigenvalue weighted by molar-refractivity contribution is 5.82. The van der Waals surface area contributed by atoms with Gasteiger partial charge in [-0.15, -0.1) is 0 Å². The van der Waals surface area contributed by atoms with Gasteiger partial charge in [0.05, 0.1) is 13.2 Å². The fourth-order valence-corrected chi connectivity index (χ4v) is 4.74. The van der Waals surface area contributed by atoms with Crippen molar-refractivity contribution in [3.8, 4) is 11.6 Å². The van der Waals surface area contributed by atoms with Crippen molar-refractivity contribution in [2.24, 2.45) is 0 Å². The molecule has 5 rings (SSSR count). The van der Waals surface area contributed by atoms with Crippen molar-refractivity contribution < 1.29 is 19.0 Å². The Hall–Kier alpha value is -3.69. The predicted octanol–water partition coefficient (Wildman–Crippen LogP) is 4.62. The predicted molar refractivity (Wildman–Crippen MR) is 138 cm³/mol. The van der Waals surface area contributed by atoms with Gasteiger partial charge >= 0.3 is 0 Å². The van der Waals surface area contributed by atoms with E-state index in [4.69, 9.17) is 19.9 Å². The van der Waals surface area contributed by atoms with Crippen LogP contribution in [-0.2, 0) is 15.9 Å². The normalized spacial score (nSPS) is 16.8. The number of piperidine rings is 1. The molecule has 1 aromatic heterocycles. The van der Waals surface area contributed by atoms with Crippen LogP contribution < -0.4 is 20.7 Å². The number of aryl methyl sites for hydroxylation is 2. The average Bonchev–Trinajstić information content (AvgIpc) is 3.33. The maximum absolute atomic E-state index is 11.8. The smallest absolute Gasteiger partial charge is 0.243 e. The van der Waals surface area contributed by atoms with Crippen LogP contribution in [0.5, 0.6) is 11.6 Å². The summed E-state index contributed by atoms with van der Waals surface area (Å²) in [7, 11) is 0. The lowest BCUT2D eigenvalue weighted by atomic mass is 10.0. The number of carbonyl (C=O) groups excluding carboxylic acids is 1. The third-order valence-corrected chi connectivity index (χ3v) is 6.62. The Morgan fingerprint density at radius 2 is 1.92 bits per heavy atom. The summed E-state index contributed by atoms with van der Waals surface area (Å²) in [4.78, 5) is 23.3. The van der Waals surface area contributed by atoms with Gasteiger partial charge in [0.2, 0.25) is 5.88 Å². The second-order valence-corrected chi connectivity index (χ2v) is 9.08. The molecule has 0 atom stereocenters. The van der Waals surface area contributed by atoms with E-state index < -0.39 is 5.79 Å². The van der Waals surface area contributed by atoms with Crippen LogP contribution in [0.15, 0.2) is 42.5 Å². The van der Waals surface area contributed by atoms with Crippen LogP contribution in [0.3, 0.4) is 0 Å². The molecule has 188 valence electrons. The molecule has 2 aromatic carbocycles. The van der Waals surface area contributed by atoms with Crippen molar-refractivity contribution in [2.75, 3.05) is 42.3 Å². The van der Waals surface area contributed by atoms with Gasteiger partial charge in [-0.25, -0.2) is 4.98 Å². The Kier molecular flexibility index (Phi) is 6.75. The summed E-state index contributed by atoms with van der Waals surface area (Å²) in [5, 5.41) is 3.25. The zero-order valence-electron chi connectivity index (χ0n) is 20.6. The number of nitrogen functional groups attached to an aromatic ring is 1. The summed E-state index contributed by atoms with van der Waals surface area (Å²) in [5.74, 6) is 0.832. The van der Waals surface area contributed by atoms with E-state index in [1.54, 1.807) is 18.2 Å². The third-order valence-electron chi connectivity index (χ3n) is 6.62. The summed E-state index contributed by atoms with van der Waals surface area (Å²) in [5.41, 5.74) is 10.4. The van der Waals surface area contributed by atoms with Gasteiger partial charge < -0.3 is 30.2 Å².